The first-order chi connectivity index (χ1) is 10.9. The van der Waals surface area contributed by atoms with Gasteiger partial charge in [0.1, 0.15) is 0 Å². The molecule has 2 rings (SSSR count). The fourth-order valence-corrected chi connectivity index (χ4v) is 2.44. The first-order valence-electron chi connectivity index (χ1n) is 8.48. The third kappa shape index (κ3) is 7.15. The SMILES string of the molecule is CC(C)(C)c1noc(CCCC(=O)NCCN2CCNCC2)n1.Cl. The standard InChI is InChI=1S/C16H29N5O2.ClH/c1-16(2,3)15-19-14(23-20-15)6-4-5-13(22)18-9-12-21-10-7-17-8-11-21;/h17H,4-12H2,1-3H3,(H,18,22);1H. The Hall–Kier alpha value is -1.18. The Labute approximate surface area is 150 Å². The number of carbonyl (C=O) groups is 1. The van der Waals surface area contributed by atoms with Gasteiger partial charge in [0, 0.05) is 57.5 Å². The van der Waals surface area contributed by atoms with Gasteiger partial charge in [-0.25, -0.2) is 0 Å². The lowest BCUT2D eigenvalue weighted by molar-refractivity contribution is -0.121. The minimum Gasteiger partial charge on any atom is -0.355 e. The van der Waals surface area contributed by atoms with Gasteiger partial charge >= 0.3 is 0 Å². The molecular weight excluding hydrogens is 330 g/mol. The first-order valence-corrected chi connectivity index (χ1v) is 8.48. The molecule has 1 aliphatic rings. The van der Waals surface area contributed by atoms with E-state index in [-0.39, 0.29) is 23.7 Å². The fourth-order valence-electron chi connectivity index (χ4n) is 2.44. The van der Waals surface area contributed by atoms with Crippen LogP contribution >= 0.6 is 12.4 Å². The van der Waals surface area contributed by atoms with Crippen molar-refractivity contribution in [2.45, 2.75) is 45.4 Å². The number of hydrogen-bond acceptors (Lipinski definition) is 6. The van der Waals surface area contributed by atoms with Crippen molar-refractivity contribution in [2.24, 2.45) is 0 Å². The van der Waals surface area contributed by atoms with Gasteiger partial charge in [0.05, 0.1) is 0 Å². The molecule has 0 unspecified atom stereocenters. The molecule has 1 fully saturated rings. The van der Waals surface area contributed by atoms with Crippen LogP contribution in [0.2, 0.25) is 0 Å². The molecule has 24 heavy (non-hydrogen) atoms. The molecule has 0 saturated carbocycles. The number of aromatic nitrogens is 2. The molecule has 0 aromatic carbocycles. The van der Waals surface area contributed by atoms with Crippen LogP contribution in [0.3, 0.4) is 0 Å². The summed E-state index contributed by atoms with van der Waals surface area (Å²) < 4.78 is 5.23. The third-order valence-electron chi connectivity index (χ3n) is 3.89. The quantitative estimate of drug-likeness (QED) is 0.759. The van der Waals surface area contributed by atoms with Crippen LogP contribution in [0.15, 0.2) is 4.52 Å². The van der Waals surface area contributed by atoms with Crippen LogP contribution in [-0.2, 0) is 16.6 Å². The number of nitrogens with zero attached hydrogens (tertiary/aromatic N) is 3. The predicted molar refractivity (Wildman–Crippen MR) is 95.5 cm³/mol. The van der Waals surface area contributed by atoms with Crippen molar-refractivity contribution in [3.63, 3.8) is 0 Å². The number of hydrogen-bond donors (Lipinski definition) is 2. The van der Waals surface area contributed by atoms with E-state index in [1.54, 1.807) is 0 Å². The van der Waals surface area contributed by atoms with E-state index in [4.69, 9.17) is 4.52 Å². The lowest BCUT2D eigenvalue weighted by atomic mass is 9.96. The Kier molecular flexibility index (Phi) is 8.66. The highest BCUT2D eigenvalue weighted by Crippen LogP contribution is 2.18. The Morgan fingerprint density at radius 3 is 2.67 bits per heavy atom. The molecule has 0 aliphatic carbocycles. The number of rotatable bonds is 7. The van der Waals surface area contributed by atoms with Gasteiger partial charge in [0.15, 0.2) is 5.82 Å². The maximum atomic E-state index is 11.8. The fraction of sp³-hybridized carbons (Fsp3) is 0.812. The molecule has 8 heteroatoms. The number of piperazine rings is 1. The largest absolute Gasteiger partial charge is 0.355 e. The van der Waals surface area contributed by atoms with Crippen molar-refractivity contribution in [1.29, 1.82) is 0 Å². The molecule has 0 radical (unpaired) electrons. The van der Waals surface area contributed by atoms with Crippen LogP contribution in [0.1, 0.15) is 45.3 Å². The summed E-state index contributed by atoms with van der Waals surface area (Å²) in [6, 6.07) is 0. The second-order valence-corrected chi connectivity index (χ2v) is 7.06. The third-order valence-corrected chi connectivity index (χ3v) is 3.89. The molecule has 0 atom stereocenters. The molecule has 1 aromatic heterocycles. The van der Waals surface area contributed by atoms with Crippen LogP contribution < -0.4 is 10.6 Å². The Morgan fingerprint density at radius 1 is 1.33 bits per heavy atom. The summed E-state index contributed by atoms with van der Waals surface area (Å²) in [6.07, 6.45) is 1.87. The summed E-state index contributed by atoms with van der Waals surface area (Å²) >= 11 is 0. The normalized spacial score (nSPS) is 15.8. The van der Waals surface area contributed by atoms with Crippen molar-refractivity contribution in [2.75, 3.05) is 39.3 Å². The highest BCUT2D eigenvalue weighted by Gasteiger charge is 2.20. The van der Waals surface area contributed by atoms with E-state index in [0.29, 0.717) is 31.1 Å². The summed E-state index contributed by atoms with van der Waals surface area (Å²) in [5, 5.41) is 10.3. The van der Waals surface area contributed by atoms with E-state index in [0.717, 1.165) is 39.1 Å². The molecule has 0 bridgehead atoms. The molecular formula is C16H30ClN5O2. The topological polar surface area (TPSA) is 83.3 Å². The van der Waals surface area contributed by atoms with Crippen LogP contribution in [-0.4, -0.2) is 60.2 Å². The number of halogens is 1. The van der Waals surface area contributed by atoms with Gasteiger partial charge in [0.2, 0.25) is 11.8 Å². The van der Waals surface area contributed by atoms with E-state index in [2.05, 4.69) is 25.7 Å². The summed E-state index contributed by atoms with van der Waals surface area (Å²) in [7, 11) is 0. The monoisotopic (exact) mass is 359 g/mol. The number of aryl methyl sites for hydroxylation is 1. The first kappa shape index (κ1) is 20.9. The van der Waals surface area contributed by atoms with E-state index in [1.807, 2.05) is 20.8 Å². The lowest BCUT2D eigenvalue weighted by Gasteiger charge is -2.27. The number of nitrogens with one attached hydrogen (secondary N) is 2. The average molecular weight is 360 g/mol. The molecule has 138 valence electrons. The lowest BCUT2D eigenvalue weighted by Crippen LogP contribution is -2.46. The summed E-state index contributed by atoms with van der Waals surface area (Å²) in [4.78, 5) is 18.6. The van der Waals surface area contributed by atoms with Crippen molar-refractivity contribution in [3.8, 4) is 0 Å². The van der Waals surface area contributed by atoms with E-state index in [1.165, 1.54) is 0 Å². The van der Waals surface area contributed by atoms with Gasteiger partial charge in [-0.3, -0.25) is 9.69 Å². The van der Waals surface area contributed by atoms with Gasteiger partial charge in [0.25, 0.3) is 0 Å². The van der Waals surface area contributed by atoms with Crippen molar-refractivity contribution >= 4 is 18.3 Å². The van der Waals surface area contributed by atoms with Gasteiger partial charge in [-0.05, 0) is 6.42 Å². The van der Waals surface area contributed by atoms with E-state index in [9.17, 15) is 4.79 Å². The zero-order valence-corrected chi connectivity index (χ0v) is 15.7. The zero-order valence-electron chi connectivity index (χ0n) is 14.9. The Bertz CT molecular complexity index is 495. The van der Waals surface area contributed by atoms with Crippen LogP contribution in [0, 0.1) is 0 Å². The maximum absolute atomic E-state index is 11.8. The second kappa shape index (κ2) is 9.96. The summed E-state index contributed by atoms with van der Waals surface area (Å²) in [5.74, 6) is 1.42. The number of carbonyl (C=O) groups excluding carboxylic acids is 1. The molecule has 0 spiro atoms. The van der Waals surface area contributed by atoms with Gasteiger partial charge in [-0.15, -0.1) is 12.4 Å². The Balaban J connectivity index is 0.00000288. The molecule has 2 heterocycles. The van der Waals surface area contributed by atoms with Gasteiger partial charge in [-0.2, -0.15) is 4.98 Å². The minimum atomic E-state index is -0.108. The van der Waals surface area contributed by atoms with Crippen molar-refractivity contribution in [1.82, 2.24) is 25.7 Å². The highest BCUT2D eigenvalue weighted by atomic mass is 35.5. The smallest absolute Gasteiger partial charge is 0.226 e. The average Bonchev–Trinajstić information content (AvgIpc) is 2.97. The van der Waals surface area contributed by atoms with Crippen LogP contribution in [0.25, 0.3) is 0 Å². The van der Waals surface area contributed by atoms with Gasteiger partial charge in [-0.1, -0.05) is 25.9 Å². The highest BCUT2D eigenvalue weighted by molar-refractivity contribution is 5.85. The van der Waals surface area contributed by atoms with E-state index < -0.39 is 0 Å². The number of amides is 1. The molecule has 1 aromatic rings. The Morgan fingerprint density at radius 2 is 2.04 bits per heavy atom. The van der Waals surface area contributed by atoms with Crippen LogP contribution in [0.4, 0.5) is 0 Å². The van der Waals surface area contributed by atoms with E-state index >= 15 is 0 Å². The molecule has 1 amide bonds. The molecule has 1 aliphatic heterocycles. The predicted octanol–water partition coefficient (Wildman–Crippen LogP) is 1.13. The molecule has 1 saturated heterocycles. The minimum absolute atomic E-state index is 0. The second-order valence-electron chi connectivity index (χ2n) is 7.06. The molecule has 2 N–H and O–H groups in total. The van der Waals surface area contributed by atoms with Crippen LogP contribution in [0.5, 0.6) is 0 Å². The summed E-state index contributed by atoms with van der Waals surface area (Å²) in [5.41, 5.74) is -0.108. The van der Waals surface area contributed by atoms with Crippen molar-refractivity contribution < 1.29 is 9.32 Å². The zero-order chi connectivity index (χ0) is 16.7. The maximum Gasteiger partial charge on any atom is 0.226 e. The molecule has 7 nitrogen and oxygen atoms in total. The van der Waals surface area contributed by atoms with Gasteiger partial charge < -0.3 is 15.2 Å². The van der Waals surface area contributed by atoms with Crippen molar-refractivity contribution in [3.05, 3.63) is 11.7 Å². The summed E-state index contributed by atoms with van der Waals surface area (Å²) in [6.45, 7) is 12.0.